The molecule has 1 fully saturated rings. The summed E-state index contributed by atoms with van der Waals surface area (Å²) < 4.78 is 5.10. The van der Waals surface area contributed by atoms with Crippen LogP contribution < -0.4 is 5.32 Å². The van der Waals surface area contributed by atoms with Crippen molar-refractivity contribution in [2.45, 2.75) is 13.3 Å². The van der Waals surface area contributed by atoms with Gasteiger partial charge in [-0.1, -0.05) is 12.2 Å². The lowest BCUT2D eigenvalue weighted by atomic mass is 10.3. The fourth-order valence-electron chi connectivity index (χ4n) is 0.834. The Morgan fingerprint density at radius 1 is 1.80 bits per heavy atom. The number of hydrogen-bond donors (Lipinski definition) is 1. The minimum atomic E-state index is 0.714. The zero-order chi connectivity index (χ0) is 7.40. The molecule has 0 unspecified atom stereocenters. The van der Waals surface area contributed by atoms with Gasteiger partial charge in [-0.05, 0) is 13.3 Å². The first-order chi connectivity index (χ1) is 4.84. The Hall–Kier alpha value is -0.570. The second-order valence-electron chi connectivity index (χ2n) is 2.10. The van der Waals surface area contributed by atoms with Gasteiger partial charge in [0.25, 0.3) is 0 Å². The minimum Gasteiger partial charge on any atom is -0.501 e. The third-order valence-corrected chi connectivity index (χ3v) is 1.77. The SMILES string of the molecule is CCO/C=C1\CCNC1=S. The highest BCUT2D eigenvalue weighted by molar-refractivity contribution is 7.80. The topological polar surface area (TPSA) is 21.3 Å². The van der Waals surface area contributed by atoms with Gasteiger partial charge in [-0.25, -0.2) is 0 Å². The largest absolute Gasteiger partial charge is 0.501 e. The van der Waals surface area contributed by atoms with E-state index in [1.54, 1.807) is 6.26 Å². The molecular formula is C7H11NOS. The Balaban J connectivity index is 2.46. The van der Waals surface area contributed by atoms with Gasteiger partial charge in [0.1, 0.15) is 4.99 Å². The van der Waals surface area contributed by atoms with E-state index in [0.717, 1.165) is 23.5 Å². The van der Waals surface area contributed by atoms with Crippen molar-refractivity contribution in [1.82, 2.24) is 5.32 Å². The van der Waals surface area contributed by atoms with E-state index in [2.05, 4.69) is 5.32 Å². The molecule has 0 atom stereocenters. The van der Waals surface area contributed by atoms with E-state index in [1.807, 2.05) is 6.92 Å². The zero-order valence-corrected chi connectivity index (χ0v) is 6.83. The first-order valence-corrected chi connectivity index (χ1v) is 3.84. The summed E-state index contributed by atoms with van der Waals surface area (Å²) in [6.07, 6.45) is 2.75. The Bertz CT molecular complexity index is 165. The van der Waals surface area contributed by atoms with Gasteiger partial charge in [-0.2, -0.15) is 0 Å². The van der Waals surface area contributed by atoms with Crippen LogP contribution in [0.15, 0.2) is 11.8 Å². The molecule has 1 N–H and O–H groups in total. The lowest BCUT2D eigenvalue weighted by Crippen LogP contribution is -2.11. The van der Waals surface area contributed by atoms with Gasteiger partial charge in [0.15, 0.2) is 0 Å². The summed E-state index contributed by atoms with van der Waals surface area (Å²) in [4.78, 5) is 0.841. The third-order valence-electron chi connectivity index (χ3n) is 1.36. The Morgan fingerprint density at radius 2 is 2.60 bits per heavy atom. The summed E-state index contributed by atoms with van der Waals surface area (Å²) in [5.41, 5.74) is 1.12. The summed E-state index contributed by atoms with van der Waals surface area (Å²) >= 11 is 4.99. The molecule has 0 saturated carbocycles. The van der Waals surface area contributed by atoms with Gasteiger partial charge in [0.2, 0.25) is 0 Å². The third kappa shape index (κ3) is 1.70. The maximum Gasteiger partial charge on any atom is 0.105 e. The average molecular weight is 157 g/mol. The molecule has 0 aromatic carbocycles. The monoisotopic (exact) mass is 157 g/mol. The molecular weight excluding hydrogens is 146 g/mol. The first-order valence-electron chi connectivity index (χ1n) is 3.43. The van der Waals surface area contributed by atoms with E-state index >= 15 is 0 Å². The fraction of sp³-hybridized carbons (Fsp3) is 0.571. The van der Waals surface area contributed by atoms with Crippen LogP contribution in [-0.4, -0.2) is 18.1 Å². The quantitative estimate of drug-likeness (QED) is 0.370. The highest BCUT2D eigenvalue weighted by Crippen LogP contribution is 2.08. The van der Waals surface area contributed by atoms with Crippen molar-refractivity contribution in [3.05, 3.63) is 11.8 Å². The highest BCUT2D eigenvalue weighted by Gasteiger charge is 2.11. The van der Waals surface area contributed by atoms with E-state index in [1.165, 1.54) is 0 Å². The molecule has 1 heterocycles. The summed E-state index contributed by atoms with van der Waals surface area (Å²) in [5, 5.41) is 3.06. The van der Waals surface area contributed by atoms with Crippen molar-refractivity contribution in [3.63, 3.8) is 0 Å². The second kappa shape index (κ2) is 3.56. The summed E-state index contributed by atoms with van der Waals surface area (Å²) in [5.74, 6) is 0. The fourth-order valence-corrected chi connectivity index (χ4v) is 1.09. The Morgan fingerprint density at radius 3 is 3.10 bits per heavy atom. The van der Waals surface area contributed by atoms with Crippen LogP contribution in [0.3, 0.4) is 0 Å². The Labute approximate surface area is 66.3 Å². The van der Waals surface area contributed by atoms with E-state index in [4.69, 9.17) is 17.0 Å². The van der Waals surface area contributed by atoms with Crippen LogP contribution in [0.25, 0.3) is 0 Å². The molecule has 0 radical (unpaired) electrons. The summed E-state index contributed by atoms with van der Waals surface area (Å²) in [6.45, 7) is 3.63. The lowest BCUT2D eigenvalue weighted by molar-refractivity contribution is 0.267. The van der Waals surface area contributed by atoms with Crippen molar-refractivity contribution >= 4 is 17.2 Å². The average Bonchev–Trinajstić information content (AvgIpc) is 2.31. The number of hydrogen-bond acceptors (Lipinski definition) is 2. The molecule has 0 amide bonds. The predicted octanol–water partition coefficient (Wildman–Crippen LogP) is 1.23. The molecule has 0 aromatic heterocycles. The van der Waals surface area contributed by atoms with Crippen molar-refractivity contribution in [3.8, 4) is 0 Å². The number of nitrogens with one attached hydrogen (secondary N) is 1. The molecule has 0 aromatic rings. The van der Waals surface area contributed by atoms with Crippen LogP contribution >= 0.6 is 12.2 Å². The van der Waals surface area contributed by atoms with Gasteiger partial charge in [0, 0.05) is 12.1 Å². The van der Waals surface area contributed by atoms with Crippen molar-refractivity contribution in [2.24, 2.45) is 0 Å². The smallest absolute Gasteiger partial charge is 0.105 e. The molecule has 0 aliphatic carbocycles. The molecule has 2 nitrogen and oxygen atoms in total. The first kappa shape index (κ1) is 7.54. The highest BCUT2D eigenvalue weighted by atomic mass is 32.1. The molecule has 56 valence electrons. The van der Waals surface area contributed by atoms with Gasteiger partial charge < -0.3 is 10.1 Å². The molecule has 10 heavy (non-hydrogen) atoms. The van der Waals surface area contributed by atoms with E-state index in [0.29, 0.717) is 6.61 Å². The van der Waals surface area contributed by atoms with E-state index in [-0.39, 0.29) is 0 Å². The predicted molar refractivity (Wildman–Crippen MR) is 44.9 cm³/mol. The van der Waals surface area contributed by atoms with Gasteiger partial charge in [-0.15, -0.1) is 0 Å². The van der Waals surface area contributed by atoms with Crippen LogP contribution in [-0.2, 0) is 4.74 Å². The number of ether oxygens (including phenoxy) is 1. The summed E-state index contributed by atoms with van der Waals surface area (Å²) in [7, 11) is 0. The van der Waals surface area contributed by atoms with Crippen molar-refractivity contribution in [2.75, 3.05) is 13.2 Å². The van der Waals surface area contributed by atoms with Crippen LogP contribution in [0, 0.1) is 0 Å². The van der Waals surface area contributed by atoms with E-state index < -0.39 is 0 Å². The standard InChI is InChI=1S/C7H11NOS/c1-2-9-5-6-3-4-8-7(6)10/h5H,2-4H2,1H3,(H,8,10)/b6-5+. The van der Waals surface area contributed by atoms with Crippen LogP contribution in [0.4, 0.5) is 0 Å². The molecule has 0 spiro atoms. The van der Waals surface area contributed by atoms with Crippen LogP contribution in [0.5, 0.6) is 0 Å². The maximum atomic E-state index is 5.10. The van der Waals surface area contributed by atoms with Crippen LogP contribution in [0.1, 0.15) is 13.3 Å². The Kier molecular flexibility index (Phi) is 2.68. The minimum absolute atomic E-state index is 0.714. The van der Waals surface area contributed by atoms with Gasteiger partial charge >= 0.3 is 0 Å². The summed E-state index contributed by atoms with van der Waals surface area (Å²) in [6, 6.07) is 0. The second-order valence-corrected chi connectivity index (χ2v) is 2.51. The normalized spacial score (nSPS) is 21.3. The zero-order valence-electron chi connectivity index (χ0n) is 6.02. The lowest BCUT2D eigenvalue weighted by Gasteiger charge is -1.96. The van der Waals surface area contributed by atoms with E-state index in [9.17, 15) is 0 Å². The van der Waals surface area contributed by atoms with Crippen molar-refractivity contribution < 1.29 is 4.74 Å². The molecule has 1 aliphatic heterocycles. The maximum absolute atomic E-state index is 5.10. The molecule has 3 heteroatoms. The van der Waals surface area contributed by atoms with Crippen molar-refractivity contribution in [1.29, 1.82) is 0 Å². The number of rotatable bonds is 2. The van der Waals surface area contributed by atoms with Gasteiger partial charge in [0.05, 0.1) is 12.9 Å². The molecule has 1 aliphatic rings. The number of thiocarbonyl (C=S) groups is 1. The van der Waals surface area contributed by atoms with Crippen LogP contribution in [0.2, 0.25) is 0 Å². The molecule has 0 bridgehead atoms. The van der Waals surface area contributed by atoms with Gasteiger partial charge in [-0.3, -0.25) is 0 Å². The molecule has 1 saturated heterocycles. The molecule has 1 rings (SSSR count).